The lowest BCUT2D eigenvalue weighted by molar-refractivity contribution is 0.363. The molecule has 1 aromatic rings. The highest BCUT2D eigenvalue weighted by atomic mass is 35.5. The third-order valence-corrected chi connectivity index (χ3v) is 7.84. The SMILES string of the molecule is NS(=O)(=O)c1cc2c(cc1Cl)N[C@@H]([C@@H]1C[C@@H]3C=C[C@@H]1C3)NS2(=O)=O. The second-order valence-corrected chi connectivity index (χ2v) is 10.1. The van der Waals surface area contributed by atoms with Gasteiger partial charge in [0.1, 0.15) is 9.79 Å². The van der Waals surface area contributed by atoms with Gasteiger partial charge in [0.15, 0.2) is 0 Å². The summed E-state index contributed by atoms with van der Waals surface area (Å²) in [5.74, 6) is 0.997. The van der Waals surface area contributed by atoms with Gasteiger partial charge in [-0.2, -0.15) is 4.72 Å². The first-order valence-corrected chi connectivity index (χ1v) is 10.9. The lowest BCUT2D eigenvalue weighted by atomic mass is 9.91. The summed E-state index contributed by atoms with van der Waals surface area (Å²) in [4.78, 5) is -0.567. The number of hydrogen-bond acceptors (Lipinski definition) is 5. The van der Waals surface area contributed by atoms with Gasteiger partial charge in [0.05, 0.1) is 16.9 Å². The van der Waals surface area contributed by atoms with Crippen molar-refractivity contribution in [2.24, 2.45) is 22.9 Å². The minimum absolute atomic E-state index is 0.104. The molecule has 10 heteroatoms. The first kappa shape index (κ1) is 16.3. The Kier molecular flexibility index (Phi) is 3.53. The number of fused-ring (bicyclic) bond motifs is 3. The first-order valence-electron chi connectivity index (χ1n) is 7.49. The molecule has 2 bridgehead atoms. The largest absolute Gasteiger partial charge is 0.368 e. The summed E-state index contributed by atoms with van der Waals surface area (Å²) in [7, 11) is -7.97. The zero-order valence-corrected chi connectivity index (χ0v) is 14.8. The topological polar surface area (TPSA) is 118 Å². The van der Waals surface area contributed by atoms with Gasteiger partial charge < -0.3 is 5.32 Å². The first-order chi connectivity index (χ1) is 11.1. The maximum absolute atomic E-state index is 12.6. The van der Waals surface area contributed by atoms with E-state index < -0.39 is 31.1 Å². The molecule has 130 valence electrons. The van der Waals surface area contributed by atoms with Crippen LogP contribution in [0.2, 0.25) is 5.02 Å². The van der Waals surface area contributed by atoms with Crippen molar-refractivity contribution in [1.82, 2.24) is 4.72 Å². The summed E-state index contributed by atoms with van der Waals surface area (Å²) >= 11 is 5.98. The summed E-state index contributed by atoms with van der Waals surface area (Å²) < 4.78 is 50.9. The van der Waals surface area contributed by atoms with E-state index in [0.29, 0.717) is 17.5 Å². The number of anilines is 1. The lowest BCUT2D eigenvalue weighted by Crippen LogP contribution is -2.50. The molecule has 1 fully saturated rings. The minimum atomic E-state index is -4.11. The quantitative estimate of drug-likeness (QED) is 0.657. The van der Waals surface area contributed by atoms with Crippen LogP contribution in [0.5, 0.6) is 0 Å². The fourth-order valence-corrected chi connectivity index (χ4v) is 6.47. The molecule has 1 aromatic carbocycles. The second-order valence-electron chi connectivity index (χ2n) is 6.51. The highest BCUT2D eigenvalue weighted by Crippen LogP contribution is 2.46. The van der Waals surface area contributed by atoms with E-state index in [1.165, 1.54) is 6.07 Å². The van der Waals surface area contributed by atoms with Gasteiger partial charge in [0.2, 0.25) is 20.0 Å². The van der Waals surface area contributed by atoms with Gasteiger partial charge in [0, 0.05) is 5.92 Å². The van der Waals surface area contributed by atoms with Gasteiger partial charge in [-0.1, -0.05) is 23.8 Å². The Bertz CT molecular complexity index is 958. The molecule has 0 spiro atoms. The molecule has 2 aliphatic carbocycles. The van der Waals surface area contributed by atoms with E-state index in [4.69, 9.17) is 16.7 Å². The van der Waals surface area contributed by atoms with Crippen molar-refractivity contribution in [1.29, 1.82) is 0 Å². The van der Waals surface area contributed by atoms with Crippen molar-refractivity contribution < 1.29 is 16.8 Å². The van der Waals surface area contributed by atoms with E-state index in [2.05, 4.69) is 22.2 Å². The van der Waals surface area contributed by atoms with Gasteiger partial charge in [-0.05, 0) is 36.8 Å². The van der Waals surface area contributed by atoms with Crippen LogP contribution in [-0.2, 0) is 20.0 Å². The van der Waals surface area contributed by atoms with Crippen molar-refractivity contribution in [3.8, 4) is 0 Å². The zero-order chi connectivity index (χ0) is 17.3. The third kappa shape index (κ3) is 2.55. The molecule has 4 N–H and O–H groups in total. The number of nitrogens with one attached hydrogen (secondary N) is 2. The highest BCUT2D eigenvalue weighted by molar-refractivity contribution is 7.90. The molecule has 0 amide bonds. The van der Waals surface area contributed by atoms with Crippen LogP contribution in [0.15, 0.2) is 34.1 Å². The van der Waals surface area contributed by atoms with Crippen LogP contribution in [-0.4, -0.2) is 23.0 Å². The van der Waals surface area contributed by atoms with Gasteiger partial charge in [-0.25, -0.2) is 22.0 Å². The standard InChI is InChI=1S/C14H16ClN3O4S2/c15-10-5-11-13(6-12(10)23(16,19)20)24(21,22)18-14(17-11)9-4-7-1-2-8(9)3-7/h1-2,5-9,14,17-18H,3-4H2,(H2,16,19,20)/t7-,8-,9-,14-/m1/s1. The highest BCUT2D eigenvalue weighted by Gasteiger charge is 2.44. The van der Waals surface area contributed by atoms with E-state index in [1.807, 2.05) is 0 Å². The monoisotopic (exact) mass is 389 g/mol. The van der Waals surface area contributed by atoms with Crippen molar-refractivity contribution in [3.05, 3.63) is 29.3 Å². The smallest absolute Gasteiger partial charge is 0.244 e. The van der Waals surface area contributed by atoms with Crippen LogP contribution >= 0.6 is 11.6 Å². The van der Waals surface area contributed by atoms with E-state index in [-0.39, 0.29) is 15.8 Å². The molecular weight excluding hydrogens is 374 g/mol. The van der Waals surface area contributed by atoms with Crippen LogP contribution in [0.1, 0.15) is 12.8 Å². The maximum atomic E-state index is 12.6. The van der Waals surface area contributed by atoms with Crippen molar-refractivity contribution in [2.45, 2.75) is 28.8 Å². The number of allylic oxidation sites excluding steroid dienone is 2. The predicted molar refractivity (Wildman–Crippen MR) is 89.4 cm³/mol. The summed E-state index contributed by atoms with van der Waals surface area (Å²) in [6, 6.07) is 2.31. The van der Waals surface area contributed by atoms with E-state index in [0.717, 1.165) is 18.9 Å². The Morgan fingerprint density at radius 2 is 1.96 bits per heavy atom. The van der Waals surface area contributed by atoms with Crippen LogP contribution in [0.25, 0.3) is 0 Å². The van der Waals surface area contributed by atoms with Gasteiger partial charge in [0.25, 0.3) is 0 Å². The van der Waals surface area contributed by atoms with E-state index in [1.54, 1.807) is 0 Å². The van der Waals surface area contributed by atoms with Gasteiger partial charge in [-0.3, -0.25) is 0 Å². The fourth-order valence-electron chi connectivity index (χ4n) is 3.92. The number of benzene rings is 1. The predicted octanol–water partition coefficient (Wildman–Crippen LogP) is 1.23. The van der Waals surface area contributed by atoms with Crippen molar-refractivity contribution in [3.63, 3.8) is 0 Å². The van der Waals surface area contributed by atoms with Crippen LogP contribution in [0.4, 0.5) is 5.69 Å². The summed E-state index contributed by atoms with van der Waals surface area (Å²) in [6.45, 7) is 0. The molecule has 0 radical (unpaired) electrons. The van der Waals surface area contributed by atoms with Crippen molar-refractivity contribution >= 4 is 37.3 Å². The molecule has 0 saturated heterocycles. The molecule has 4 rings (SSSR count). The van der Waals surface area contributed by atoms with E-state index in [9.17, 15) is 16.8 Å². The van der Waals surface area contributed by atoms with Crippen molar-refractivity contribution in [2.75, 3.05) is 5.32 Å². The zero-order valence-electron chi connectivity index (χ0n) is 12.4. The van der Waals surface area contributed by atoms with Crippen LogP contribution in [0.3, 0.4) is 0 Å². The molecule has 4 atom stereocenters. The number of primary sulfonamides is 1. The Morgan fingerprint density at radius 3 is 2.54 bits per heavy atom. The average Bonchev–Trinajstić information content (AvgIpc) is 3.06. The molecule has 0 aromatic heterocycles. The number of sulfonamides is 2. The molecule has 1 saturated carbocycles. The Hall–Kier alpha value is -1.13. The molecular formula is C14H16ClN3O4S2. The maximum Gasteiger partial charge on any atom is 0.244 e. The number of nitrogens with two attached hydrogens (primary N) is 1. The molecule has 1 aliphatic heterocycles. The van der Waals surface area contributed by atoms with Gasteiger partial charge >= 0.3 is 0 Å². The Morgan fingerprint density at radius 1 is 1.21 bits per heavy atom. The minimum Gasteiger partial charge on any atom is -0.368 e. The lowest BCUT2D eigenvalue weighted by Gasteiger charge is -2.35. The summed E-state index contributed by atoms with van der Waals surface area (Å²) in [5.41, 5.74) is 0.294. The Balaban J connectivity index is 1.76. The number of hydrogen-bond donors (Lipinski definition) is 3. The fraction of sp³-hybridized carbons (Fsp3) is 0.429. The Labute approximate surface area is 145 Å². The second kappa shape index (κ2) is 5.18. The number of halogens is 1. The third-order valence-electron chi connectivity index (χ3n) is 4.98. The molecule has 24 heavy (non-hydrogen) atoms. The molecule has 1 heterocycles. The molecule has 7 nitrogen and oxygen atoms in total. The molecule has 3 aliphatic rings. The molecule has 0 unspecified atom stereocenters. The normalized spacial score (nSPS) is 33.2. The summed E-state index contributed by atoms with van der Waals surface area (Å²) in [6.07, 6.45) is 5.84. The number of rotatable bonds is 2. The van der Waals surface area contributed by atoms with E-state index >= 15 is 0 Å². The summed E-state index contributed by atoms with van der Waals surface area (Å²) in [5, 5.41) is 8.14. The van der Waals surface area contributed by atoms with Crippen LogP contribution < -0.4 is 15.2 Å². The van der Waals surface area contributed by atoms with Crippen LogP contribution in [0, 0.1) is 17.8 Å². The van der Waals surface area contributed by atoms with Gasteiger partial charge in [-0.15, -0.1) is 0 Å². The average molecular weight is 390 g/mol.